The van der Waals surface area contributed by atoms with Crippen molar-refractivity contribution in [3.05, 3.63) is 0 Å². The molecule has 5 nitrogen and oxygen atoms in total. The fourth-order valence-electron chi connectivity index (χ4n) is 2.19. The molecule has 1 N–H and O–H groups in total. The highest BCUT2D eigenvalue weighted by atomic mass is 16.7. The monoisotopic (exact) mass is 243 g/mol. The molecule has 2 atom stereocenters. The molecular weight excluding hydrogens is 222 g/mol. The van der Waals surface area contributed by atoms with Gasteiger partial charge in [-0.05, 0) is 33.6 Å². The lowest BCUT2D eigenvalue weighted by atomic mass is 9.84. The average Bonchev–Trinajstić information content (AvgIpc) is 2.24. The van der Waals surface area contributed by atoms with Crippen LogP contribution in [0.25, 0.3) is 0 Å². The lowest BCUT2D eigenvalue weighted by molar-refractivity contribution is -0.242. The van der Waals surface area contributed by atoms with Gasteiger partial charge in [-0.3, -0.25) is 14.4 Å². The van der Waals surface area contributed by atoms with Gasteiger partial charge in [-0.2, -0.15) is 0 Å². The van der Waals surface area contributed by atoms with E-state index in [1.807, 2.05) is 20.8 Å². The van der Waals surface area contributed by atoms with Gasteiger partial charge in [-0.1, -0.05) is 12.8 Å². The Kier molecular flexibility index (Phi) is 4.51. The van der Waals surface area contributed by atoms with Gasteiger partial charge in [0.2, 0.25) is 6.41 Å². The first-order valence-electron chi connectivity index (χ1n) is 6.01. The summed E-state index contributed by atoms with van der Waals surface area (Å²) in [5, 5.41) is 10.3. The fraction of sp³-hybridized carbons (Fsp3) is 0.833. The molecule has 1 amide bonds. The van der Waals surface area contributed by atoms with Crippen molar-refractivity contribution in [3.8, 4) is 0 Å². The molecular formula is C12H21NO4. The maximum absolute atomic E-state index is 11.2. The zero-order chi connectivity index (χ0) is 13.1. The van der Waals surface area contributed by atoms with E-state index in [1.165, 1.54) is 5.06 Å². The van der Waals surface area contributed by atoms with Crippen LogP contribution in [-0.2, 0) is 14.4 Å². The number of aliphatic carboxylic acids is 1. The normalized spacial score (nSPS) is 25.4. The Hall–Kier alpha value is -1.10. The predicted molar refractivity (Wildman–Crippen MR) is 62.1 cm³/mol. The summed E-state index contributed by atoms with van der Waals surface area (Å²) in [5.41, 5.74) is -0.499. The molecule has 0 saturated heterocycles. The molecule has 0 aromatic rings. The molecule has 0 radical (unpaired) electrons. The Morgan fingerprint density at radius 3 is 2.41 bits per heavy atom. The van der Waals surface area contributed by atoms with Crippen LogP contribution in [0.4, 0.5) is 0 Å². The van der Waals surface area contributed by atoms with E-state index >= 15 is 0 Å². The second-order valence-corrected chi connectivity index (χ2v) is 5.47. The van der Waals surface area contributed by atoms with Crippen molar-refractivity contribution < 1.29 is 19.5 Å². The van der Waals surface area contributed by atoms with Crippen molar-refractivity contribution in [3.63, 3.8) is 0 Å². The lowest BCUT2D eigenvalue weighted by Gasteiger charge is -2.37. The molecule has 0 aromatic heterocycles. The van der Waals surface area contributed by atoms with Crippen molar-refractivity contribution in [2.24, 2.45) is 5.92 Å². The van der Waals surface area contributed by atoms with Gasteiger partial charge in [-0.25, -0.2) is 5.06 Å². The van der Waals surface area contributed by atoms with Crippen LogP contribution in [0.1, 0.15) is 46.5 Å². The minimum atomic E-state index is -0.848. The van der Waals surface area contributed by atoms with E-state index in [0.29, 0.717) is 19.3 Å². The second-order valence-electron chi connectivity index (χ2n) is 5.47. The van der Waals surface area contributed by atoms with Crippen LogP contribution in [0, 0.1) is 5.92 Å². The van der Waals surface area contributed by atoms with Gasteiger partial charge in [0.05, 0.1) is 17.6 Å². The summed E-state index contributed by atoms with van der Waals surface area (Å²) in [4.78, 5) is 27.7. The van der Waals surface area contributed by atoms with Crippen molar-refractivity contribution in [2.45, 2.75) is 58.1 Å². The molecule has 0 aromatic carbocycles. The lowest BCUT2D eigenvalue weighted by Crippen LogP contribution is -2.47. The Labute approximate surface area is 102 Å². The Balaban J connectivity index is 2.77. The number of carboxylic acids is 1. The molecule has 0 heterocycles. The number of carboxylic acid groups (broad SMARTS) is 1. The molecule has 1 aliphatic carbocycles. The van der Waals surface area contributed by atoms with Gasteiger partial charge in [0.25, 0.3) is 0 Å². The molecule has 1 saturated carbocycles. The van der Waals surface area contributed by atoms with Gasteiger partial charge in [-0.15, -0.1) is 0 Å². The van der Waals surface area contributed by atoms with Crippen molar-refractivity contribution in [1.29, 1.82) is 0 Å². The molecule has 2 unspecified atom stereocenters. The van der Waals surface area contributed by atoms with Gasteiger partial charge >= 0.3 is 5.97 Å². The van der Waals surface area contributed by atoms with Crippen LogP contribution in [0.2, 0.25) is 0 Å². The maximum atomic E-state index is 11.2. The Morgan fingerprint density at radius 2 is 1.94 bits per heavy atom. The highest BCUT2D eigenvalue weighted by Crippen LogP contribution is 2.29. The Morgan fingerprint density at radius 1 is 1.35 bits per heavy atom. The first-order chi connectivity index (χ1) is 7.85. The highest BCUT2D eigenvalue weighted by Gasteiger charge is 2.36. The van der Waals surface area contributed by atoms with Gasteiger partial charge in [0.1, 0.15) is 0 Å². The zero-order valence-corrected chi connectivity index (χ0v) is 10.7. The summed E-state index contributed by atoms with van der Waals surface area (Å²) in [5.74, 6) is -1.37. The van der Waals surface area contributed by atoms with E-state index in [4.69, 9.17) is 9.94 Å². The molecule has 1 fully saturated rings. The molecule has 0 aliphatic heterocycles. The number of hydrogen-bond acceptors (Lipinski definition) is 3. The van der Waals surface area contributed by atoms with Crippen LogP contribution in [0.3, 0.4) is 0 Å². The van der Waals surface area contributed by atoms with Crippen LogP contribution in [0.5, 0.6) is 0 Å². The number of carbonyl (C=O) groups is 2. The van der Waals surface area contributed by atoms with E-state index < -0.39 is 17.5 Å². The SMILES string of the molecule is CC(C)(C)ON(C=O)C1CCCCC1C(=O)O. The van der Waals surface area contributed by atoms with Crippen LogP contribution < -0.4 is 0 Å². The first-order valence-corrected chi connectivity index (χ1v) is 6.01. The predicted octanol–water partition coefficient (Wildman–Crippen LogP) is 1.82. The number of amides is 1. The number of hydrogen-bond donors (Lipinski definition) is 1. The van der Waals surface area contributed by atoms with E-state index in [2.05, 4.69) is 0 Å². The van der Waals surface area contributed by atoms with Crippen molar-refractivity contribution >= 4 is 12.4 Å². The Bertz CT molecular complexity index is 285. The van der Waals surface area contributed by atoms with Crippen LogP contribution in [0.15, 0.2) is 0 Å². The molecule has 98 valence electrons. The summed E-state index contributed by atoms with van der Waals surface area (Å²) in [6, 6.07) is -0.349. The van der Waals surface area contributed by atoms with E-state index in [1.54, 1.807) is 0 Å². The van der Waals surface area contributed by atoms with Crippen molar-refractivity contribution in [1.82, 2.24) is 5.06 Å². The summed E-state index contributed by atoms with van der Waals surface area (Å²) in [6.45, 7) is 5.51. The first kappa shape index (κ1) is 14.0. The summed E-state index contributed by atoms with van der Waals surface area (Å²) < 4.78 is 0. The smallest absolute Gasteiger partial charge is 0.308 e. The zero-order valence-electron chi connectivity index (χ0n) is 10.7. The van der Waals surface area contributed by atoms with Crippen LogP contribution in [-0.4, -0.2) is 34.2 Å². The number of nitrogens with zero attached hydrogens (tertiary/aromatic N) is 1. The molecule has 0 spiro atoms. The van der Waals surface area contributed by atoms with Gasteiger partial charge < -0.3 is 5.11 Å². The number of carbonyl (C=O) groups excluding carboxylic acids is 1. The quantitative estimate of drug-likeness (QED) is 0.604. The third-order valence-electron chi connectivity index (χ3n) is 2.86. The summed E-state index contributed by atoms with van der Waals surface area (Å²) >= 11 is 0. The van der Waals surface area contributed by atoms with Crippen LogP contribution >= 0.6 is 0 Å². The molecule has 1 rings (SSSR count). The third-order valence-corrected chi connectivity index (χ3v) is 2.86. The molecule has 1 aliphatic rings. The maximum Gasteiger partial charge on any atom is 0.308 e. The summed E-state index contributed by atoms with van der Waals surface area (Å²) in [6.07, 6.45) is 3.72. The molecule has 17 heavy (non-hydrogen) atoms. The van der Waals surface area contributed by atoms with Gasteiger partial charge in [0.15, 0.2) is 0 Å². The highest BCUT2D eigenvalue weighted by molar-refractivity contribution is 5.71. The number of rotatable bonds is 4. The number of hydroxylamine groups is 2. The standard InChI is InChI=1S/C12H21NO4/c1-12(2,3)17-13(8-14)10-7-5-4-6-9(10)11(15)16/h8-10H,4-7H2,1-3H3,(H,15,16). The largest absolute Gasteiger partial charge is 0.481 e. The minimum Gasteiger partial charge on any atom is -0.481 e. The summed E-state index contributed by atoms with van der Waals surface area (Å²) in [7, 11) is 0. The fourth-order valence-corrected chi connectivity index (χ4v) is 2.19. The topological polar surface area (TPSA) is 66.8 Å². The average molecular weight is 243 g/mol. The molecule has 0 bridgehead atoms. The van der Waals surface area contributed by atoms with E-state index in [-0.39, 0.29) is 6.04 Å². The van der Waals surface area contributed by atoms with Gasteiger partial charge in [0, 0.05) is 0 Å². The second kappa shape index (κ2) is 5.49. The minimum absolute atomic E-state index is 0.349. The van der Waals surface area contributed by atoms with E-state index in [0.717, 1.165) is 12.8 Å². The molecule has 5 heteroatoms. The van der Waals surface area contributed by atoms with Crippen molar-refractivity contribution in [2.75, 3.05) is 0 Å². The van der Waals surface area contributed by atoms with E-state index in [9.17, 15) is 9.59 Å². The third kappa shape index (κ3) is 4.00.